The van der Waals surface area contributed by atoms with Crippen LogP contribution in [0.4, 0.5) is 0 Å². The number of hydrogen-bond acceptors (Lipinski definition) is 6. The van der Waals surface area contributed by atoms with Gasteiger partial charge < -0.3 is 19.9 Å². The van der Waals surface area contributed by atoms with E-state index < -0.39 is 11.9 Å². The number of carbonyl (C=O) groups excluding carboxylic acids is 2. The van der Waals surface area contributed by atoms with Gasteiger partial charge >= 0.3 is 11.9 Å². The van der Waals surface area contributed by atoms with Crippen LogP contribution in [-0.2, 0) is 9.47 Å². The fraction of sp³-hybridized carbons (Fsp3) is 0.0909. The van der Waals surface area contributed by atoms with Crippen LogP contribution in [0.2, 0.25) is 0 Å². The minimum Gasteiger partial charge on any atom is -0.618 e. The van der Waals surface area contributed by atoms with Crippen LogP contribution in [-0.4, -0.2) is 26.2 Å². The van der Waals surface area contributed by atoms with Crippen LogP contribution < -0.4 is 9.46 Å². The van der Waals surface area contributed by atoms with E-state index in [4.69, 9.17) is 9.47 Å². The number of ether oxygens (including phenoxy) is 2. The van der Waals surface area contributed by atoms with Crippen LogP contribution in [0.5, 0.6) is 0 Å². The van der Waals surface area contributed by atoms with Crippen molar-refractivity contribution < 1.29 is 28.5 Å². The first-order chi connectivity index (χ1) is 14.4. The van der Waals surface area contributed by atoms with E-state index >= 15 is 0 Å². The number of carbonyl (C=O) groups is 2. The van der Waals surface area contributed by atoms with Gasteiger partial charge in [0.1, 0.15) is 0 Å². The Labute approximate surface area is 170 Å². The molecule has 0 aliphatic heterocycles. The molecule has 150 valence electrons. The molecule has 4 aromatic rings. The first-order valence-electron chi connectivity index (χ1n) is 8.93. The van der Waals surface area contributed by atoms with Gasteiger partial charge in [-0.15, -0.1) is 0 Å². The number of aromatic nitrogens is 2. The van der Waals surface area contributed by atoms with Gasteiger partial charge in [0.15, 0.2) is 12.4 Å². The Morgan fingerprint density at radius 3 is 1.50 bits per heavy atom. The zero-order valence-electron chi connectivity index (χ0n) is 16.1. The smallest absolute Gasteiger partial charge is 0.337 e. The van der Waals surface area contributed by atoms with Crippen LogP contribution >= 0.6 is 0 Å². The quantitative estimate of drug-likeness (QED) is 0.295. The monoisotopic (exact) mass is 404 g/mol. The van der Waals surface area contributed by atoms with Gasteiger partial charge in [-0.3, -0.25) is 0 Å². The SMILES string of the molecule is COC(=O)c1cc(-c2cc(C(=O)OC)cc3ccc[n+]([O-])c23)c2c(ccc[n+]2[O-])c1. The van der Waals surface area contributed by atoms with Crippen LogP contribution in [0.1, 0.15) is 20.7 Å². The fourth-order valence-corrected chi connectivity index (χ4v) is 3.54. The van der Waals surface area contributed by atoms with Crippen molar-refractivity contribution in [1.82, 2.24) is 0 Å². The third-order valence-electron chi connectivity index (χ3n) is 4.85. The summed E-state index contributed by atoms with van der Waals surface area (Å²) in [4.78, 5) is 24.5. The highest BCUT2D eigenvalue weighted by molar-refractivity contribution is 6.06. The van der Waals surface area contributed by atoms with Gasteiger partial charge in [-0.25, -0.2) is 9.59 Å². The topological polar surface area (TPSA) is 106 Å². The van der Waals surface area contributed by atoms with Crippen molar-refractivity contribution in [2.45, 2.75) is 0 Å². The molecule has 8 heteroatoms. The average Bonchev–Trinajstić information content (AvgIpc) is 2.76. The minimum atomic E-state index is -0.595. The van der Waals surface area contributed by atoms with E-state index in [1.54, 1.807) is 24.3 Å². The summed E-state index contributed by atoms with van der Waals surface area (Å²) in [6.45, 7) is 0. The highest BCUT2D eigenvalue weighted by atomic mass is 16.5. The molecule has 8 nitrogen and oxygen atoms in total. The first kappa shape index (κ1) is 19.1. The highest BCUT2D eigenvalue weighted by Crippen LogP contribution is 2.33. The van der Waals surface area contributed by atoms with Gasteiger partial charge in [-0.05, 0) is 36.4 Å². The molecule has 0 amide bonds. The lowest BCUT2D eigenvalue weighted by Gasteiger charge is -2.12. The molecule has 4 rings (SSSR count). The molecule has 30 heavy (non-hydrogen) atoms. The molecule has 0 unspecified atom stereocenters. The number of methoxy groups -OCH3 is 2. The van der Waals surface area contributed by atoms with Crippen LogP contribution in [0.3, 0.4) is 0 Å². The van der Waals surface area contributed by atoms with Crippen molar-refractivity contribution in [3.8, 4) is 11.1 Å². The molecule has 0 saturated carbocycles. The van der Waals surface area contributed by atoms with Gasteiger partial charge in [0.2, 0.25) is 11.0 Å². The van der Waals surface area contributed by atoms with Gasteiger partial charge in [-0.1, -0.05) is 0 Å². The van der Waals surface area contributed by atoms with E-state index in [0.29, 0.717) is 31.4 Å². The largest absolute Gasteiger partial charge is 0.618 e. The van der Waals surface area contributed by atoms with Crippen LogP contribution in [0, 0.1) is 10.4 Å². The Morgan fingerprint density at radius 1 is 0.733 bits per heavy atom. The molecule has 0 aliphatic rings. The van der Waals surface area contributed by atoms with Crippen molar-refractivity contribution in [1.29, 1.82) is 0 Å². The summed E-state index contributed by atoms with van der Waals surface area (Å²) < 4.78 is 11.0. The number of hydrogen-bond donors (Lipinski definition) is 0. The van der Waals surface area contributed by atoms with Gasteiger partial charge in [0.25, 0.3) is 0 Å². The molecule has 0 saturated heterocycles. The maximum Gasteiger partial charge on any atom is 0.337 e. The molecule has 0 N–H and O–H groups in total. The Bertz CT molecular complexity index is 1230. The summed E-state index contributed by atoms with van der Waals surface area (Å²) >= 11 is 0. The maximum absolute atomic E-state index is 12.6. The zero-order chi connectivity index (χ0) is 21.4. The standard InChI is InChI=1S/C22H16N2O6/c1-29-21(25)15-9-13-5-3-7-23(27)19(13)17(11-15)18-12-16(22(26)30-2)10-14-6-4-8-24(28)20(14)18/h3-12H,1-2H3. The second-order valence-corrected chi connectivity index (χ2v) is 6.57. The van der Waals surface area contributed by atoms with Gasteiger partial charge in [0.05, 0.1) is 36.5 Å². The molecule has 0 radical (unpaired) electrons. The second-order valence-electron chi connectivity index (χ2n) is 6.57. The zero-order valence-corrected chi connectivity index (χ0v) is 16.1. The maximum atomic E-state index is 12.6. The summed E-state index contributed by atoms with van der Waals surface area (Å²) in [5, 5.41) is 26.3. The number of benzene rings is 2. The number of nitrogens with zero attached hydrogens (tertiary/aromatic N) is 2. The molecular weight excluding hydrogens is 388 g/mol. The Balaban J connectivity index is 2.19. The number of esters is 2. The lowest BCUT2D eigenvalue weighted by atomic mass is 9.94. The molecule has 0 aliphatic carbocycles. The summed E-state index contributed by atoms with van der Waals surface area (Å²) in [6.07, 6.45) is 2.64. The van der Waals surface area contributed by atoms with E-state index in [2.05, 4.69) is 0 Å². The van der Waals surface area contributed by atoms with Crippen molar-refractivity contribution in [2.24, 2.45) is 0 Å². The molecule has 2 heterocycles. The van der Waals surface area contributed by atoms with Crippen molar-refractivity contribution in [3.05, 3.63) is 82.5 Å². The number of fused-ring (bicyclic) bond motifs is 2. The van der Waals surface area contributed by atoms with Gasteiger partial charge in [0, 0.05) is 22.9 Å². The van der Waals surface area contributed by atoms with E-state index in [9.17, 15) is 20.0 Å². The Morgan fingerprint density at radius 2 is 1.13 bits per heavy atom. The minimum absolute atomic E-state index is 0.205. The molecule has 0 spiro atoms. The molecular formula is C22H16N2O6. The predicted octanol–water partition coefficient (Wildman–Crippen LogP) is 2.50. The molecule has 0 fully saturated rings. The summed E-state index contributed by atoms with van der Waals surface area (Å²) in [5.74, 6) is -1.19. The normalized spacial score (nSPS) is 10.9. The average molecular weight is 404 g/mol. The van der Waals surface area contributed by atoms with Crippen molar-refractivity contribution in [2.75, 3.05) is 14.2 Å². The fourth-order valence-electron chi connectivity index (χ4n) is 3.54. The molecule has 0 bridgehead atoms. The lowest BCUT2D eigenvalue weighted by Crippen LogP contribution is -2.28. The summed E-state index contributed by atoms with van der Waals surface area (Å²) in [7, 11) is 2.51. The third-order valence-corrected chi connectivity index (χ3v) is 4.85. The summed E-state index contributed by atoms with van der Waals surface area (Å²) in [5.41, 5.74) is 1.53. The van der Waals surface area contributed by atoms with Crippen LogP contribution in [0.25, 0.3) is 32.9 Å². The molecule has 2 aromatic heterocycles. The lowest BCUT2D eigenvalue weighted by molar-refractivity contribution is -0.577. The first-order valence-corrected chi connectivity index (χ1v) is 8.93. The third kappa shape index (κ3) is 3.04. The van der Waals surface area contributed by atoms with Crippen molar-refractivity contribution >= 4 is 33.7 Å². The number of pyridine rings is 2. The van der Waals surface area contributed by atoms with Crippen molar-refractivity contribution in [3.63, 3.8) is 0 Å². The predicted molar refractivity (Wildman–Crippen MR) is 107 cm³/mol. The Hall–Kier alpha value is -4.20. The molecule has 2 aromatic carbocycles. The number of rotatable bonds is 3. The van der Waals surface area contributed by atoms with E-state index in [1.807, 2.05) is 0 Å². The van der Waals surface area contributed by atoms with E-state index in [0.717, 1.165) is 0 Å². The highest BCUT2D eigenvalue weighted by Gasteiger charge is 2.24. The van der Waals surface area contributed by atoms with Gasteiger partial charge in [-0.2, -0.15) is 9.46 Å². The van der Waals surface area contributed by atoms with E-state index in [1.165, 1.54) is 50.9 Å². The Kier molecular flexibility index (Phi) is 4.67. The molecule has 0 atom stereocenters. The van der Waals surface area contributed by atoms with Crippen LogP contribution in [0.15, 0.2) is 60.9 Å². The second kappa shape index (κ2) is 7.32. The summed E-state index contributed by atoms with van der Waals surface area (Å²) in [6, 6.07) is 12.5. The van der Waals surface area contributed by atoms with E-state index in [-0.39, 0.29) is 22.2 Å².